The monoisotopic (exact) mass is 467 g/mol. The number of aliphatic hydroxyl groups is 1. The molecule has 34 heavy (non-hydrogen) atoms. The van der Waals surface area contributed by atoms with E-state index in [1.54, 1.807) is 12.1 Å². The van der Waals surface area contributed by atoms with Crippen LogP contribution in [0.25, 0.3) is 0 Å². The summed E-state index contributed by atoms with van der Waals surface area (Å²) < 4.78 is 27.0. The number of hydrogen-bond donors (Lipinski definition) is 1. The third kappa shape index (κ3) is 7.67. The molecule has 1 fully saturated rings. The molecule has 2 aromatic carbocycles. The van der Waals surface area contributed by atoms with Gasteiger partial charge in [-0.3, -0.25) is 9.80 Å². The molecule has 0 aliphatic carbocycles. The molecule has 4 rings (SSSR count). The van der Waals surface area contributed by atoms with Crippen LogP contribution in [0.3, 0.4) is 0 Å². The Morgan fingerprint density at radius 2 is 1.85 bits per heavy atom. The summed E-state index contributed by atoms with van der Waals surface area (Å²) in [5.41, 5.74) is 2.05. The van der Waals surface area contributed by atoms with Gasteiger partial charge in [-0.2, -0.15) is 0 Å². The van der Waals surface area contributed by atoms with Crippen molar-refractivity contribution in [2.24, 2.45) is 0 Å². The lowest BCUT2D eigenvalue weighted by molar-refractivity contribution is 0.0253. The zero-order valence-electron chi connectivity index (χ0n) is 19.6. The summed E-state index contributed by atoms with van der Waals surface area (Å²) in [7, 11) is 0. The van der Waals surface area contributed by atoms with Crippen LogP contribution in [0.2, 0.25) is 0 Å². The minimum atomic E-state index is -0.614. The van der Waals surface area contributed by atoms with Gasteiger partial charge in [0.1, 0.15) is 24.3 Å². The molecule has 2 heterocycles. The van der Waals surface area contributed by atoms with E-state index in [9.17, 15) is 9.50 Å². The molecule has 0 amide bonds. The highest BCUT2D eigenvalue weighted by atomic mass is 19.1. The Labute approximate surface area is 201 Å². The second-order valence-electron chi connectivity index (χ2n) is 8.72. The third-order valence-corrected chi connectivity index (χ3v) is 6.04. The van der Waals surface area contributed by atoms with Crippen LogP contribution < -0.4 is 4.74 Å². The lowest BCUT2D eigenvalue weighted by atomic mass is 10.2. The maximum atomic E-state index is 13.7. The lowest BCUT2D eigenvalue weighted by Crippen LogP contribution is -2.43. The van der Waals surface area contributed by atoms with E-state index in [4.69, 9.17) is 9.47 Å². The number of morpholine rings is 1. The number of halogens is 1. The summed E-state index contributed by atoms with van der Waals surface area (Å²) in [5.74, 6) is 0.533. The summed E-state index contributed by atoms with van der Waals surface area (Å²) in [6.45, 7) is 7.19. The van der Waals surface area contributed by atoms with Gasteiger partial charge in [0.25, 0.3) is 0 Å². The molecule has 3 aromatic rings. The minimum absolute atomic E-state index is 0.222. The number of aromatic nitrogens is 1. The first kappa shape index (κ1) is 24.4. The first-order valence-corrected chi connectivity index (χ1v) is 11.9. The zero-order valence-corrected chi connectivity index (χ0v) is 19.6. The van der Waals surface area contributed by atoms with Crippen molar-refractivity contribution in [3.63, 3.8) is 0 Å². The van der Waals surface area contributed by atoms with Gasteiger partial charge in [0, 0.05) is 57.7 Å². The average Bonchev–Trinajstić information content (AvgIpc) is 3.29. The van der Waals surface area contributed by atoms with E-state index in [1.807, 2.05) is 48.7 Å². The van der Waals surface area contributed by atoms with Crippen LogP contribution in [0, 0.1) is 5.82 Å². The van der Waals surface area contributed by atoms with Crippen molar-refractivity contribution in [3.8, 4) is 5.75 Å². The summed E-state index contributed by atoms with van der Waals surface area (Å²) in [4.78, 5) is 4.67. The molecule has 0 radical (unpaired) electrons. The van der Waals surface area contributed by atoms with Crippen molar-refractivity contribution < 1.29 is 19.0 Å². The van der Waals surface area contributed by atoms with Gasteiger partial charge in [-0.05, 0) is 42.0 Å². The fourth-order valence-corrected chi connectivity index (χ4v) is 4.21. The molecule has 7 heteroatoms. The minimum Gasteiger partial charge on any atom is -0.491 e. The van der Waals surface area contributed by atoms with Crippen molar-refractivity contribution in [1.29, 1.82) is 0 Å². The summed E-state index contributed by atoms with van der Waals surface area (Å²) >= 11 is 0. The van der Waals surface area contributed by atoms with Crippen LogP contribution >= 0.6 is 0 Å². The number of para-hydroxylation sites is 1. The molecule has 1 aliphatic heterocycles. The Kier molecular flexibility index (Phi) is 9.10. The number of benzene rings is 2. The predicted molar refractivity (Wildman–Crippen MR) is 130 cm³/mol. The summed E-state index contributed by atoms with van der Waals surface area (Å²) in [6, 6.07) is 20.4. The van der Waals surface area contributed by atoms with Gasteiger partial charge in [-0.15, -0.1) is 0 Å². The van der Waals surface area contributed by atoms with Crippen LogP contribution in [-0.2, 0) is 17.8 Å². The van der Waals surface area contributed by atoms with Crippen molar-refractivity contribution in [2.75, 3.05) is 52.5 Å². The molecule has 1 aromatic heterocycles. The van der Waals surface area contributed by atoms with E-state index >= 15 is 0 Å². The normalized spacial score (nSPS) is 15.5. The summed E-state index contributed by atoms with van der Waals surface area (Å²) in [6.07, 6.45) is 1.41. The molecule has 182 valence electrons. The van der Waals surface area contributed by atoms with Gasteiger partial charge < -0.3 is 19.1 Å². The first-order valence-electron chi connectivity index (χ1n) is 11.9. The summed E-state index contributed by atoms with van der Waals surface area (Å²) in [5, 5.41) is 10.7. The van der Waals surface area contributed by atoms with E-state index in [1.165, 1.54) is 6.07 Å². The first-order chi connectivity index (χ1) is 16.7. The number of aliphatic hydroxyl groups excluding tert-OH is 1. The molecule has 1 N–H and O–H groups in total. The van der Waals surface area contributed by atoms with E-state index in [-0.39, 0.29) is 12.4 Å². The molecule has 1 saturated heterocycles. The lowest BCUT2D eigenvalue weighted by Gasteiger charge is -2.31. The molecular formula is C27H34FN3O3. The van der Waals surface area contributed by atoms with Crippen molar-refractivity contribution in [3.05, 3.63) is 90.0 Å². The molecule has 1 unspecified atom stereocenters. The van der Waals surface area contributed by atoms with Gasteiger partial charge >= 0.3 is 0 Å². The van der Waals surface area contributed by atoms with E-state index in [2.05, 4.69) is 20.4 Å². The number of hydrogen-bond acceptors (Lipinski definition) is 5. The zero-order chi connectivity index (χ0) is 23.6. The Hall–Kier alpha value is -2.71. The molecule has 1 atom stereocenters. The van der Waals surface area contributed by atoms with Crippen LogP contribution in [0.4, 0.5) is 4.39 Å². The largest absolute Gasteiger partial charge is 0.491 e. The van der Waals surface area contributed by atoms with Gasteiger partial charge in [-0.25, -0.2) is 4.39 Å². The Balaban J connectivity index is 1.38. The number of nitrogens with zero attached hydrogens (tertiary/aromatic N) is 3. The number of rotatable bonds is 12. The predicted octanol–water partition coefficient (Wildman–Crippen LogP) is 3.25. The second kappa shape index (κ2) is 12.7. The van der Waals surface area contributed by atoms with Crippen LogP contribution in [0.15, 0.2) is 72.9 Å². The fraction of sp³-hybridized carbons (Fsp3) is 0.407. The smallest absolute Gasteiger partial charge is 0.123 e. The van der Waals surface area contributed by atoms with Gasteiger partial charge in [0.05, 0.1) is 13.2 Å². The third-order valence-electron chi connectivity index (χ3n) is 6.04. The number of ether oxygens (including phenoxy) is 2. The maximum absolute atomic E-state index is 13.7. The topological polar surface area (TPSA) is 50.1 Å². The Morgan fingerprint density at radius 3 is 2.65 bits per heavy atom. The van der Waals surface area contributed by atoms with Crippen molar-refractivity contribution in [1.82, 2.24) is 14.4 Å². The fourth-order valence-electron chi connectivity index (χ4n) is 4.21. The van der Waals surface area contributed by atoms with Crippen molar-refractivity contribution in [2.45, 2.75) is 19.2 Å². The second-order valence-corrected chi connectivity index (χ2v) is 8.72. The standard InChI is InChI=1S/C27H34FN3O3/c28-24-7-4-6-23(18-24)19-31-11-5-8-25(31)20-30(13-12-29-14-16-33-17-15-29)21-26(32)22-34-27-9-2-1-3-10-27/h1-11,18,26,32H,12-17,19-22H2. The molecule has 0 saturated carbocycles. The highest BCUT2D eigenvalue weighted by molar-refractivity contribution is 5.21. The Morgan fingerprint density at radius 1 is 1.03 bits per heavy atom. The molecule has 0 spiro atoms. The van der Waals surface area contributed by atoms with Gasteiger partial charge in [0.15, 0.2) is 0 Å². The SMILES string of the molecule is OC(COc1ccccc1)CN(CCN1CCOCC1)Cc1cccn1Cc1cccc(F)c1. The highest BCUT2D eigenvalue weighted by Crippen LogP contribution is 2.14. The van der Waals surface area contributed by atoms with Gasteiger partial charge in [-0.1, -0.05) is 30.3 Å². The van der Waals surface area contributed by atoms with Crippen LogP contribution in [-0.4, -0.2) is 78.1 Å². The van der Waals surface area contributed by atoms with Crippen molar-refractivity contribution >= 4 is 0 Å². The van der Waals surface area contributed by atoms with E-state index < -0.39 is 6.10 Å². The molecule has 6 nitrogen and oxygen atoms in total. The molecule has 0 bridgehead atoms. The van der Waals surface area contributed by atoms with E-state index in [0.29, 0.717) is 19.6 Å². The van der Waals surface area contributed by atoms with Crippen LogP contribution in [0.5, 0.6) is 5.75 Å². The van der Waals surface area contributed by atoms with Gasteiger partial charge in [0.2, 0.25) is 0 Å². The average molecular weight is 468 g/mol. The quantitative estimate of drug-likeness (QED) is 0.443. The van der Waals surface area contributed by atoms with Crippen LogP contribution in [0.1, 0.15) is 11.3 Å². The molecular weight excluding hydrogens is 433 g/mol. The highest BCUT2D eigenvalue weighted by Gasteiger charge is 2.17. The van der Waals surface area contributed by atoms with E-state index in [0.717, 1.165) is 56.4 Å². The molecule has 1 aliphatic rings. The Bertz CT molecular complexity index is 992. The maximum Gasteiger partial charge on any atom is 0.123 e.